The molecule has 1 N–H and O–H groups in total. The van der Waals surface area contributed by atoms with Gasteiger partial charge in [0.1, 0.15) is 5.82 Å². The van der Waals surface area contributed by atoms with E-state index in [1.165, 1.54) is 19.2 Å². The van der Waals surface area contributed by atoms with Crippen molar-refractivity contribution in [3.63, 3.8) is 0 Å². The van der Waals surface area contributed by atoms with E-state index >= 15 is 0 Å². The Balaban J connectivity index is 2.59. The van der Waals surface area contributed by atoms with E-state index in [0.717, 1.165) is 6.07 Å². The van der Waals surface area contributed by atoms with Crippen molar-refractivity contribution < 1.29 is 22.3 Å². The number of benzene rings is 1. The van der Waals surface area contributed by atoms with E-state index in [-0.39, 0.29) is 28.8 Å². The zero-order valence-corrected chi connectivity index (χ0v) is 12.6. The lowest BCUT2D eigenvalue weighted by Crippen LogP contribution is -2.17. The monoisotopic (exact) mass is 353 g/mol. The molecule has 0 spiro atoms. The van der Waals surface area contributed by atoms with Gasteiger partial charge in [0.2, 0.25) is 10.0 Å². The molecule has 0 heterocycles. The largest absolute Gasteiger partial charge is 0.469 e. The molecule has 0 atom stereocenters. The lowest BCUT2D eigenvalue weighted by atomic mass is 10.3. The number of anilines is 1. The maximum Gasteiger partial charge on any atom is 0.305 e. The van der Waals surface area contributed by atoms with Crippen molar-refractivity contribution >= 4 is 37.6 Å². The molecule has 0 saturated carbocycles. The summed E-state index contributed by atoms with van der Waals surface area (Å²) in [4.78, 5) is 10.8. The van der Waals surface area contributed by atoms with Crippen molar-refractivity contribution in [2.45, 2.75) is 12.8 Å². The number of nitrogens with one attached hydrogen (secondary N) is 1. The van der Waals surface area contributed by atoms with Gasteiger partial charge in [0.25, 0.3) is 0 Å². The highest BCUT2D eigenvalue weighted by Crippen LogP contribution is 2.20. The summed E-state index contributed by atoms with van der Waals surface area (Å²) >= 11 is 2.97. The number of hydrogen-bond acceptors (Lipinski definition) is 4. The number of methoxy groups -OCH3 is 1. The van der Waals surface area contributed by atoms with Gasteiger partial charge in [-0.05, 0) is 40.5 Å². The average molecular weight is 354 g/mol. The van der Waals surface area contributed by atoms with Crippen LogP contribution in [-0.2, 0) is 19.6 Å². The van der Waals surface area contributed by atoms with E-state index in [4.69, 9.17) is 0 Å². The Labute approximate surface area is 119 Å². The zero-order chi connectivity index (χ0) is 14.5. The third kappa shape index (κ3) is 5.56. The standard InChI is InChI=1S/C11H13BrFNO4S/c1-18-11(15)3-2-6-19(16,17)14-8-4-5-9(12)10(13)7-8/h4-5,7,14H,2-3,6H2,1H3. The molecule has 0 fully saturated rings. The second-order valence-corrected chi connectivity index (χ2v) is 6.43. The van der Waals surface area contributed by atoms with Gasteiger partial charge in [-0.15, -0.1) is 0 Å². The Hall–Kier alpha value is -1.15. The Morgan fingerprint density at radius 1 is 1.47 bits per heavy atom. The maximum atomic E-state index is 13.2. The first-order valence-corrected chi connectivity index (χ1v) is 7.81. The van der Waals surface area contributed by atoms with Crippen LogP contribution in [0.25, 0.3) is 0 Å². The topological polar surface area (TPSA) is 72.5 Å². The van der Waals surface area contributed by atoms with Gasteiger partial charge in [-0.1, -0.05) is 0 Å². The van der Waals surface area contributed by atoms with Gasteiger partial charge in [0, 0.05) is 6.42 Å². The van der Waals surface area contributed by atoms with Crippen LogP contribution in [0.15, 0.2) is 22.7 Å². The predicted molar refractivity (Wildman–Crippen MR) is 72.8 cm³/mol. The lowest BCUT2D eigenvalue weighted by molar-refractivity contribution is -0.140. The van der Waals surface area contributed by atoms with Gasteiger partial charge >= 0.3 is 5.97 Å². The third-order valence-corrected chi connectivity index (χ3v) is 4.23. The van der Waals surface area contributed by atoms with Crippen LogP contribution in [0.4, 0.5) is 10.1 Å². The minimum Gasteiger partial charge on any atom is -0.469 e. The van der Waals surface area contributed by atoms with Gasteiger partial charge < -0.3 is 4.74 Å². The molecule has 1 aromatic carbocycles. The molecular formula is C11H13BrFNO4S. The molecule has 0 saturated heterocycles. The summed E-state index contributed by atoms with van der Waals surface area (Å²) in [6, 6.07) is 3.91. The second-order valence-electron chi connectivity index (χ2n) is 3.73. The van der Waals surface area contributed by atoms with E-state index in [1.807, 2.05) is 0 Å². The molecule has 0 aliphatic carbocycles. The molecule has 1 aromatic rings. The van der Waals surface area contributed by atoms with E-state index in [9.17, 15) is 17.6 Å². The fraction of sp³-hybridized carbons (Fsp3) is 0.364. The number of hydrogen-bond donors (Lipinski definition) is 1. The third-order valence-electron chi connectivity index (χ3n) is 2.21. The van der Waals surface area contributed by atoms with Crippen LogP contribution in [0.5, 0.6) is 0 Å². The first-order valence-electron chi connectivity index (χ1n) is 5.36. The van der Waals surface area contributed by atoms with Crippen molar-refractivity contribution in [2.24, 2.45) is 0 Å². The van der Waals surface area contributed by atoms with Gasteiger partial charge in [-0.3, -0.25) is 9.52 Å². The minimum atomic E-state index is -3.61. The molecule has 0 amide bonds. The lowest BCUT2D eigenvalue weighted by Gasteiger charge is -2.08. The van der Waals surface area contributed by atoms with Crippen LogP contribution < -0.4 is 4.72 Å². The minimum absolute atomic E-state index is 0.0199. The van der Waals surface area contributed by atoms with Gasteiger partial charge in [0.15, 0.2) is 0 Å². The molecule has 0 aromatic heterocycles. The van der Waals surface area contributed by atoms with E-state index in [1.54, 1.807) is 0 Å². The molecule has 0 aliphatic heterocycles. The quantitative estimate of drug-likeness (QED) is 0.796. The van der Waals surface area contributed by atoms with E-state index in [0.29, 0.717) is 0 Å². The van der Waals surface area contributed by atoms with Crippen LogP contribution in [0.3, 0.4) is 0 Å². The van der Waals surface area contributed by atoms with Crippen LogP contribution in [0.2, 0.25) is 0 Å². The Kier molecular flexibility index (Phi) is 5.74. The fourth-order valence-electron chi connectivity index (χ4n) is 1.30. The Bertz CT molecular complexity index is 562. The number of esters is 1. The van der Waals surface area contributed by atoms with Crippen molar-refractivity contribution in [1.82, 2.24) is 0 Å². The summed E-state index contributed by atoms with van der Waals surface area (Å²) in [7, 11) is -2.37. The van der Waals surface area contributed by atoms with Crippen molar-refractivity contribution in [3.05, 3.63) is 28.5 Å². The summed E-state index contributed by atoms with van der Waals surface area (Å²) in [6.07, 6.45) is 0.160. The summed E-state index contributed by atoms with van der Waals surface area (Å²) in [5.41, 5.74) is 0.138. The van der Waals surface area contributed by atoms with Crippen molar-refractivity contribution in [2.75, 3.05) is 17.6 Å². The van der Waals surface area contributed by atoms with Crippen LogP contribution in [0, 0.1) is 5.82 Å². The molecule has 1 rings (SSSR count). The van der Waals surface area contributed by atoms with Gasteiger partial charge in [-0.2, -0.15) is 0 Å². The molecule has 0 unspecified atom stereocenters. The fourth-order valence-corrected chi connectivity index (χ4v) is 2.66. The van der Waals surface area contributed by atoms with Crippen LogP contribution in [-0.4, -0.2) is 27.2 Å². The van der Waals surface area contributed by atoms with Gasteiger partial charge in [-0.25, -0.2) is 12.8 Å². The second kappa shape index (κ2) is 6.85. The SMILES string of the molecule is COC(=O)CCCS(=O)(=O)Nc1ccc(Br)c(F)c1. The molecule has 8 heteroatoms. The highest BCUT2D eigenvalue weighted by atomic mass is 79.9. The number of rotatable bonds is 6. The molecule has 0 bridgehead atoms. The summed E-state index contributed by atoms with van der Waals surface area (Å²) in [6.45, 7) is 0. The van der Waals surface area contributed by atoms with Crippen molar-refractivity contribution in [1.29, 1.82) is 0 Å². The van der Waals surface area contributed by atoms with Crippen LogP contribution >= 0.6 is 15.9 Å². The number of sulfonamides is 1. The van der Waals surface area contributed by atoms with E-state index in [2.05, 4.69) is 25.4 Å². The Morgan fingerprint density at radius 3 is 2.74 bits per heavy atom. The number of carbonyl (C=O) groups excluding carboxylic acids is 1. The molecule has 0 aliphatic rings. The molecule has 19 heavy (non-hydrogen) atoms. The normalized spacial score (nSPS) is 11.1. The highest BCUT2D eigenvalue weighted by Gasteiger charge is 2.12. The smallest absolute Gasteiger partial charge is 0.305 e. The summed E-state index contributed by atoms with van der Waals surface area (Å²) in [5, 5.41) is 0. The van der Waals surface area contributed by atoms with E-state index < -0.39 is 21.8 Å². The Morgan fingerprint density at radius 2 is 2.16 bits per heavy atom. The maximum absolute atomic E-state index is 13.2. The average Bonchev–Trinajstić information content (AvgIpc) is 2.33. The zero-order valence-electron chi connectivity index (χ0n) is 10.2. The highest BCUT2D eigenvalue weighted by molar-refractivity contribution is 9.10. The summed E-state index contributed by atoms with van der Waals surface area (Å²) in [5.74, 6) is -1.26. The molecular weight excluding hydrogens is 341 g/mol. The first kappa shape index (κ1) is 15.9. The molecule has 0 radical (unpaired) electrons. The first-order chi connectivity index (χ1) is 8.84. The summed E-state index contributed by atoms with van der Waals surface area (Å²) < 4.78 is 43.4. The number of halogens is 2. The van der Waals surface area contributed by atoms with Gasteiger partial charge in [0.05, 0.1) is 23.0 Å². The molecule has 106 valence electrons. The van der Waals surface area contributed by atoms with Crippen molar-refractivity contribution in [3.8, 4) is 0 Å². The molecule has 5 nitrogen and oxygen atoms in total. The predicted octanol–water partition coefficient (Wildman–Crippen LogP) is 2.28. The number of ether oxygens (including phenoxy) is 1. The number of carbonyl (C=O) groups is 1. The van der Waals surface area contributed by atoms with Crippen LogP contribution in [0.1, 0.15) is 12.8 Å².